The summed E-state index contributed by atoms with van der Waals surface area (Å²) in [4.78, 5) is 1.55. The van der Waals surface area contributed by atoms with Gasteiger partial charge < -0.3 is 5.32 Å². The fraction of sp³-hybridized carbons (Fsp3) is 0.733. The highest BCUT2D eigenvalue weighted by Crippen LogP contribution is 2.28. The normalized spacial score (nSPS) is 19.4. The minimum Gasteiger partial charge on any atom is -0.313 e. The molecule has 1 N–H and O–H groups in total. The van der Waals surface area contributed by atoms with Crippen LogP contribution in [0.4, 0.5) is 0 Å². The highest BCUT2D eigenvalue weighted by Gasteiger charge is 2.23. The van der Waals surface area contributed by atoms with Crippen molar-refractivity contribution in [1.82, 2.24) is 5.32 Å². The van der Waals surface area contributed by atoms with Gasteiger partial charge in [0.2, 0.25) is 0 Å². The molecule has 0 saturated heterocycles. The van der Waals surface area contributed by atoms with Gasteiger partial charge in [0.25, 0.3) is 0 Å². The number of thiophene rings is 1. The Hall–Kier alpha value is -0.340. The van der Waals surface area contributed by atoms with Gasteiger partial charge in [-0.2, -0.15) is 0 Å². The van der Waals surface area contributed by atoms with E-state index in [4.69, 9.17) is 0 Å². The number of hydrogen-bond acceptors (Lipinski definition) is 2. The molecular formula is C15H25NS. The quantitative estimate of drug-likeness (QED) is 0.797. The molecule has 1 saturated carbocycles. The summed E-state index contributed by atoms with van der Waals surface area (Å²) in [5.74, 6) is 0.914. The molecule has 96 valence electrons. The molecule has 1 unspecified atom stereocenters. The third-order valence-corrected chi connectivity index (χ3v) is 4.78. The van der Waals surface area contributed by atoms with Gasteiger partial charge in [0.1, 0.15) is 0 Å². The van der Waals surface area contributed by atoms with Crippen LogP contribution in [0, 0.1) is 5.92 Å². The van der Waals surface area contributed by atoms with E-state index in [0.717, 1.165) is 5.92 Å². The molecule has 0 radical (unpaired) electrons. The van der Waals surface area contributed by atoms with Gasteiger partial charge in [-0.05, 0) is 49.6 Å². The third-order valence-electron chi connectivity index (χ3n) is 3.88. The van der Waals surface area contributed by atoms with E-state index in [1.54, 1.807) is 4.88 Å². The number of rotatable bonds is 6. The van der Waals surface area contributed by atoms with Crippen LogP contribution < -0.4 is 5.32 Å². The Bertz CT molecular complexity index is 288. The maximum Gasteiger partial charge on any atom is 0.0144 e. The first-order chi connectivity index (χ1) is 8.40. The van der Waals surface area contributed by atoms with Gasteiger partial charge >= 0.3 is 0 Å². The fourth-order valence-corrected chi connectivity index (χ4v) is 3.68. The van der Waals surface area contributed by atoms with Gasteiger partial charge in [-0.3, -0.25) is 0 Å². The van der Waals surface area contributed by atoms with E-state index in [2.05, 4.69) is 29.8 Å². The molecule has 1 nitrogen and oxygen atoms in total. The van der Waals surface area contributed by atoms with E-state index < -0.39 is 0 Å². The van der Waals surface area contributed by atoms with E-state index >= 15 is 0 Å². The molecule has 0 amide bonds. The molecule has 1 heterocycles. The third kappa shape index (κ3) is 4.11. The monoisotopic (exact) mass is 251 g/mol. The van der Waals surface area contributed by atoms with Crippen molar-refractivity contribution < 1.29 is 0 Å². The first-order valence-electron chi connectivity index (χ1n) is 7.16. The van der Waals surface area contributed by atoms with Crippen LogP contribution in [0.25, 0.3) is 0 Å². The smallest absolute Gasteiger partial charge is 0.0144 e. The topological polar surface area (TPSA) is 12.0 Å². The predicted molar refractivity (Wildman–Crippen MR) is 76.7 cm³/mol. The summed E-state index contributed by atoms with van der Waals surface area (Å²) in [5.41, 5.74) is 0. The summed E-state index contributed by atoms with van der Waals surface area (Å²) in [6.45, 7) is 3.43. The van der Waals surface area contributed by atoms with E-state index in [9.17, 15) is 0 Å². The van der Waals surface area contributed by atoms with Crippen molar-refractivity contribution in [1.29, 1.82) is 0 Å². The fourth-order valence-electron chi connectivity index (χ4n) is 2.92. The van der Waals surface area contributed by atoms with Crippen LogP contribution in [-0.4, -0.2) is 12.6 Å². The van der Waals surface area contributed by atoms with Crippen molar-refractivity contribution in [3.8, 4) is 0 Å². The molecule has 2 heteroatoms. The number of hydrogen-bond donors (Lipinski definition) is 1. The molecule has 1 aliphatic carbocycles. The van der Waals surface area contributed by atoms with Crippen LogP contribution in [0.5, 0.6) is 0 Å². The van der Waals surface area contributed by atoms with Crippen LogP contribution in [-0.2, 0) is 6.42 Å². The predicted octanol–water partition coefficient (Wildman–Crippen LogP) is 4.24. The molecule has 2 rings (SSSR count). The largest absolute Gasteiger partial charge is 0.313 e. The molecule has 0 spiro atoms. The first kappa shape index (κ1) is 13.1. The SMILES string of the molecule is CCCNC(Cc1cccs1)C1CCCCC1. The maximum absolute atomic E-state index is 3.78. The van der Waals surface area contributed by atoms with Crippen LogP contribution in [0.15, 0.2) is 17.5 Å². The second-order valence-electron chi connectivity index (χ2n) is 5.24. The lowest BCUT2D eigenvalue weighted by atomic mass is 9.82. The van der Waals surface area contributed by atoms with Crippen molar-refractivity contribution in [2.24, 2.45) is 5.92 Å². The van der Waals surface area contributed by atoms with Crippen molar-refractivity contribution in [3.63, 3.8) is 0 Å². The van der Waals surface area contributed by atoms with E-state index in [0.29, 0.717) is 6.04 Å². The molecule has 1 atom stereocenters. The highest BCUT2D eigenvalue weighted by molar-refractivity contribution is 7.09. The summed E-state index contributed by atoms with van der Waals surface area (Å²) >= 11 is 1.91. The molecule has 1 aromatic rings. The molecule has 1 aliphatic rings. The summed E-state index contributed by atoms with van der Waals surface area (Å²) in [6.07, 6.45) is 9.70. The van der Waals surface area contributed by atoms with Crippen molar-refractivity contribution in [2.75, 3.05) is 6.54 Å². The molecule has 0 aromatic carbocycles. The van der Waals surface area contributed by atoms with Crippen LogP contribution in [0.3, 0.4) is 0 Å². The van der Waals surface area contributed by atoms with E-state index in [1.807, 2.05) is 11.3 Å². The van der Waals surface area contributed by atoms with Crippen LogP contribution in [0.1, 0.15) is 50.3 Å². The van der Waals surface area contributed by atoms with Gasteiger partial charge in [-0.25, -0.2) is 0 Å². The lowest BCUT2D eigenvalue weighted by molar-refractivity contribution is 0.268. The van der Waals surface area contributed by atoms with E-state index in [-0.39, 0.29) is 0 Å². The van der Waals surface area contributed by atoms with Crippen molar-refractivity contribution in [2.45, 2.75) is 57.9 Å². The molecule has 0 aliphatic heterocycles. The van der Waals surface area contributed by atoms with Gasteiger partial charge in [0, 0.05) is 10.9 Å². The molecular weight excluding hydrogens is 226 g/mol. The Kier molecular flexibility index (Phi) is 5.53. The standard InChI is InChI=1S/C15H25NS/c1-2-10-16-15(12-14-9-6-11-17-14)13-7-4-3-5-8-13/h6,9,11,13,15-16H,2-5,7-8,10,12H2,1H3. The van der Waals surface area contributed by atoms with Crippen LogP contribution in [0.2, 0.25) is 0 Å². The second-order valence-corrected chi connectivity index (χ2v) is 6.27. The average Bonchev–Trinajstić information content (AvgIpc) is 2.88. The second kappa shape index (κ2) is 7.17. The van der Waals surface area contributed by atoms with Gasteiger partial charge in [-0.15, -0.1) is 11.3 Å². The Labute approximate surface area is 110 Å². The van der Waals surface area contributed by atoms with Crippen LogP contribution >= 0.6 is 11.3 Å². The Balaban J connectivity index is 1.91. The first-order valence-corrected chi connectivity index (χ1v) is 8.04. The van der Waals surface area contributed by atoms with Gasteiger partial charge in [-0.1, -0.05) is 32.3 Å². The van der Waals surface area contributed by atoms with Crippen molar-refractivity contribution in [3.05, 3.63) is 22.4 Å². The minimum absolute atomic E-state index is 0.717. The lowest BCUT2D eigenvalue weighted by Crippen LogP contribution is -2.39. The Morgan fingerprint density at radius 3 is 2.82 bits per heavy atom. The minimum atomic E-state index is 0.717. The highest BCUT2D eigenvalue weighted by atomic mass is 32.1. The Morgan fingerprint density at radius 1 is 1.35 bits per heavy atom. The number of nitrogens with one attached hydrogen (secondary N) is 1. The summed E-state index contributed by atoms with van der Waals surface area (Å²) in [5, 5.41) is 5.99. The average molecular weight is 251 g/mol. The zero-order chi connectivity index (χ0) is 11.9. The zero-order valence-corrected chi connectivity index (χ0v) is 11.8. The summed E-state index contributed by atoms with van der Waals surface area (Å²) in [7, 11) is 0. The van der Waals surface area contributed by atoms with Gasteiger partial charge in [0.15, 0.2) is 0 Å². The maximum atomic E-state index is 3.78. The molecule has 0 bridgehead atoms. The zero-order valence-electron chi connectivity index (χ0n) is 11.0. The van der Waals surface area contributed by atoms with Gasteiger partial charge in [0.05, 0.1) is 0 Å². The van der Waals surface area contributed by atoms with Crippen molar-refractivity contribution >= 4 is 11.3 Å². The lowest BCUT2D eigenvalue weighted by Gasteiger charge is -2.31. The molecule has 1 fully saturated rings. The molecule has 17 heavy (non-hydrogen) atoms. The molecule has 1 aromatic heterocycles. The summed E-state index contributed by atoms with van der Waals surface area (Å²) in [6, 6.07) is 5.18. The van der Waals surface area contributed by atoms with E-state index in [1.165, 1.54) is 51.5 Å². The summed E-state index contributed by atoms with van der Waals surface area (Å²) < 4.78 is 0. The Morgan fingerprint density at radius 2 is 2.18 bits per heavy atom.